The van der Waals surface area contributed by atoms with Gasteiger partial charge >= 0.3 is 5.88 Å². The Morgan fingerprint density at radius 1 is 1.17 bits per heavy atom. The summed E-state index contributed by atoms with van der Waals surface area (Å²) in [6.07, 6.45) is 6.02. The van der Waals surface area contributed by atoms with Crippen molar-refractivity contribution in [2.24, 2.45) is 0 Å². The van der Waals surface area contributed by atoms with Gasteiger partial charge in [0, 0.05) is 25.0 Å². The van der Waals surface area contributed by atoms with Crippen LogP contribution in [0.15, 0.2) is 28.7 Å². The first-order valence-electron chi connectivity index (χ1n) is 12.4. The van der Waals surface area contributed by atoms with E-state index in [2.05, 4.69) is 34.7 Å². The highest BCUT2D eigenvalue weighted by Crippen LogP contribution is 2.39. The first kappa shape index (κ1) is 23.3. The lowest BCUT2D eigenvalue weighted by Gasteiger charge is -2.31. The molecule has 35 heavy (non-hydrogen) atoms. The van der Waals surface area contributed by atoms with E-state index in [0.29, 0.717) is 37.9 Å². The third kappa shape index (κ3) is 4.62. The number of aromatic nitrogens is 2. The molecular weight excluding hydrogens is 450 g/mol. The minimum atomic E-state index is -0.659. The lowest BCUT2D eigenvalue weighted by molar-refractivity contribution is -0.402. The molecule has 5 rings (SSSR count). The summed E-state index contributed by atoms with van der Waals surface area (Å²) in [6.45, 7) is 6.97. The predicted molar refractivity (Wildman–Crippen MR) is 132 cm³/mol. The van der Waals surface area contributed by atoms with Crippen molar-refractivity contribution in [3.05, 3.63) is 46.0 Å². The molecule has 0 spiro atoms. The Morgan fingerprint density at radius 3 is 2.57 bits per heavy atom. The highest BCUT2D eigenvalue weighted by molar-refractivity contribution is 6.06. The summed E-state index contributed by atoms with van der Waals surface area (Å²) in [7, 11) is 0. The summed E-state index contributed by atoms with van der Waals surface area (Å²) in [5.41, 5.74) is 3.37. The first-order chi connectivity index (χ1) is 16.9. The molecular formula is C25H31N5O5. The highest BCUT2D eigenvalue weighted by atomic mass is 16.6. The standard InChI is InChI=1S/C25H31N5O5/c1-16(2)29-21-15-20(28-10-12-34-13-11-28)18(27-25(31)22-8-9-23(35-22)30(32)33)14-19(21)26-24(29)17-6-4-3-5-7-17/h8-9,14-17H,3-7,10-13H2,1-2H3,(H,27,31). The maximum absolute atomic E-state index is 13.0. The van der Waals surface area contributed by atoms with Gasteiger partial charge in [0.05, 0.1) is 41.7 Å². The van der Waals surface area contributed by atoms with Crippen molar-refractivity contribution in [3.8, 4) is 0 Å². The van der Waals surface area contributed by atoms with Crippen LogP contribution in [0.25, 0.3) is 11.0 Å². The summed E-state index contributed by atoms with van der Waals surface area (Å²) in [6, 6.07) is 6.77. The number of fused-ring (bicyclic) bond motifs is 1. The molecule has 1 amide bonds. The number of carbonyl (C=O) groups is 1. The van der Waals surface area contributed by atoms with Crippen molar-refractivity contribution in [1.29, 1.82) is 0 Å². The van der Waals surface area contributed by atoms with Gasteiger partial charge in [0.1, 0.15) is 10.7 Å². The van der Waals surface area contributed by atoms with Gasteiger partial charge < -0.3 is 23.9 Å². The molecule has 3 aromatic rings. The number of nitrogens with one attached hydrogen (secondary N) is 1. The van der Waals surface area contributed by atoms with Crippen molar-refractivity contribution in [1.82, 2.24) is 9.55 Å². The number of nitro groups is 1. The van der Waals surface area contributed by atoms with Crippen molar-refractivity contribution < 1.29 is 18.9 Å². The van der Waals surface area contributed by atoms with Crippen molar-refractivity contribution in [2.75, 3.05) is 36.5 Å². The molecule has 1 aromatic carbocycles. The zero-order chi connectivity index (χ0) is 24.5. The predicted octanol–water partition coefficient (Wildman–Crippen LogP) is 5.26. The lowest BCUT2D eigenvalue weighted by Crippen LogP contribution is -2.36. The number of anilines is 2. The van der Waals surface area contributed by atoms with Crippen LogP contribution in [0.3, 0.4) is 0 Å². The first-order valence-corrected chi connectivity index (χ1v) is 12.4. The Morgan fingerprint density at radius 2 is 1.91 bits per heavy atom. The van der Waals surface area contributed by atoms with Gasteiger partial charge in [-0.05, 0) is 44.9 Å². The molecule has 10 heteroatoms. The average Bonchev–Trinajstić information content (AvgIpc) is 3.50. The van der Waals surface area contributed by atoms with Crippen LogP contribution in [0, 0.1) is 10.1 Å². The molecule has 1 N–H and O–H groups in total. The third-order valence-electron chi connectivity index (χ3n) is 6.92. The lowest BCUT2D eigenvalue weighted by atomic mass is 9.88. The van der Waals surface area contributed by atoms with E-state index in [-0.39, 0.29) is 11.8 Å². The molecule has 186 valence electrons. The number of ether oxygens (including phenoxy) is 1. The highest BCUT2D eigenvalue weighted by Gasteiger charge is 2.27. The third-order valence-corrected chi connectivity index (χ3v) is 6.92. The number of morpholine rings is 1. The van der Waals surface area contributed by atoms with Crippen LogP contribution < -0.4 is 10.2 Å². The normalized spacial score (nSPS) is 17.3. The minimum Gasteiger partial charge on any atom is -0.395 e. The topological polar surface area (TPSA) is 116 Å². The second kappa shape index (κ2) is 9.69. The van der Waals surface area contributed by atoms with Crippen LogP contribution >= 0.6 is 0 Å². The van der Waals surface area contributed by atoms with E-state index in [4.69, 9.17) is 14.1 Å². The van der Waals surface area contributed by atoms with E-state index in [1.807, 2.05) is 6.07 Å². The smallest absolute Gasteiger partial charge is 0.395 e. The number of amides is 1. The molecule has 1 saturated carbocycles. The average molecular weight is 482 g/mol. The van der Waals surface area contributed by atoms with Gasteiger partial charge in [0.2, 0.25) is 0 Å². The van der Waals surface area contributed by atoms with E-state index in [1.54, 1.807) is 0 Å². The van der Waals surface area contributed by atoms with Crippen molar-refractivity contribution >= 4 is 34.2 Å². The number of furan rings is 1. The second-order valence-electron chi connectivity index (χ2n) is 9.58. The number of hydrogen-bond acceptors (Lipinski definition) is 7. The Hall–Kier alpha value is -3.40. The quantitative estimate of drug-likeness (QED) is 0.377. The van der Waals surface area contributed by atoms with Crippen LogP contribution in [-0.4, -0.2) is 46.7 Å². The molecule has 2 aromatic heterocycles. The van der Waals surface area contributed by atoms with Crippen molar-refractivity contribution in [2.45, 2.75) is 57.9 Å². The zero-order valence-corrected chi connectivity index (χ0v) is 20.2. The fraction of sp³-hybridized carbons (Fsp3) is 0.520. The largest absolute Gasteiger partial charge is 0.433 e. The van der Waals surface area contributed by atoms with Crippen molar-refractivity contribution in [3.63, 3.8) is 0 Å². The van der Waals surface area contributed by atoms with Crippen LogP contribution in [0.5, 0.6) is 0 Å². The van der Waals surface area contributed by atoms with E-state index in [1.165, 1.54) is 31.4 Å². The number of benzene rings is 1. The van der Waals surface area contributed by atoms with Gasteiger partial charge in [0.15, 0.2) is 5.76 Å². The van der Waals surface area contributed by atoms with Gasteiger partial charge in [-0.25, -0.2) is 4.98 Å². The molecule has 0 atom stereocenters. The second-order valence-corrected chi connectivity index (χ2v) is 9.58. The van der Waals surface area contributed by atoms with Gasteiger partial charge in [-0.15, -0.1) is 0 Å². The fourth-order valence-corrected chi connectivity index (χ4v) is 5.24. The molecule has 0 radical (unpaired) electrons. The monoisotopic (exact) mass is 481 g/mol. The van der Waals surface area contributed by atoms with Gasteiger partial charge in [-0.3, -0.25) is 14.9 Å². The van der Waals surface area contributed by atoms with Gasteiger partial charge in [-0.1, -0.05) is 19.3 Å². The van der Waals surface area contributed by atoms with Crippen LogP contribution in [0.2, 0.25) is 0 Å². The zero-order valence-electron chi connectivity index (χ0n) is 20.2. The number of carbonyl (C=O) groups excluding carboxylic acids is 1. The van der Waals surface area contributed by atoms with Crippen LogP contribution in [-0.2, 0) is 4.74 Å². The number of hydrogen-bond donors (Lipinski definition) is 1. The maximum atomic E-state index is 13.0. The molecule has 1 aliphatic carbocycles. The summed E-state index contributed by atoms with van der Waals surface area (Å²) in [4.78, 5) is 30.5. The van der Waals surface area contributed by atoms with Gasteiger partial charge in [-0.2, -0.15) is 0 Å². The molecule has 10 nitrogen and oxygen atoms in total. The molecule has 1 saturated heterocycles. The summed E-state index contributed by atoms with van der Waals surface area (Å²) in [5.74, 6) is 0.440. The Balaban J connectivity index is 1.58. The molecule has 2 fully saturated rings. The molecule has 1 aliphatic heterocycles. The van der Waals surface area contributed by atoms with Crippen LogP contribution in [0.4, 0.5) is 17.3 Å². The minimum absolute atomic E-state index is 0.111. The molecule has 0 bridgehead atoms. The van der Waals surface area contributed by atoms with Crippen LogP contribution in [0.1, 0.15) is 74.3 Å². The van der Waals surface area contributed by atoms with E-state index in [0.717, 1.165) is 35.4 Å². The summed E-state index contributed by atoms with van der Waals surface area (Å²) in [5, 5.41) is 13.9. The van der Waals surface area contributed by atoms with E-state index in [9.17, 15) is 14.9 Å². The molecule has 0 unspecified atom stereocenters. The summed E-state index contributed by atoms with van der Waals surface area (Å²) < 4.78 is 13.0. The number of rotatable bonds is 6. The Kier molecular flexibility index (Phi) is 6.46. The Labute approximate surface area is 203 Å². The Bertz CT molecular complexity index is 1230. The van der Waals surface area contributed by atoms with Gasteiger partial charge in [0.25, 0.3) is 5.91 Å². The van der Waals surface area contributed by atoms with E-state index < -0.39 is 16.7 Å². The van der Waals surface area contributed by atoms with E-state index >= 15 is 0 Å². The SMILES string of the molecule is CC(C)n1c(C2CCCCC2)nc2cc(NC(=O)c3ccc([N+](=O)[O-])o3)c(N3CCOCC3)cc21. The molecule has 2 aliphatic rings. The number of imidazole rings is 1. The molecule has 3 heterocycles. The maximum Gasteiger partial charge on any atom is 0.433 e. The summed E-state index contributed by atoms with van der Waals surface area (Å²) >= 11 is 0. The fourth-order valence-electron chi connectivity index (χ4n) is 5.24. The number of nitrogens with zero attached hydrogens (tertiary/aromatic N) is 4.